The summed E-state index contributed by atoms with van der Waals surface area (Å²) in [6.07, 6.45) is 4.38. The van der Waals surface area contributed by atoms with Crippen LogP contribution in [0.2, 0.25) is 0 Å². The summed E-state index contributed by atoms with van der Waals surface area (Å²) in [6.45, 7) is 0. The minimum Gasteiger partial charge on any atom is -0.299 e. The molecule has 0 spiro atoms. The number of pyridine rings is 1. The van der Waals surface area contributed by atoms with E-state index in [4.69, 9.17) is 0 Å². The van der Waals surface area contributed by atoms with Gasteiger partial charge in [0.05, 0.1) is 0 Å². The summed E-state index contributed by atoms with van der Waals surface area (Å²) in [7, 11) is 0. The standard InChI is InChI=1S/C18H15NO/c20-18(12-15-4-3-9-19-13-15)11-14-7-8-16-5-1-2-6-17(16)10-14/h1-10,13H,11-12H2. The maximum atomic E-state index is 12.1. The molecule has 0 aliphatic rings. The Labute approximate surface area is 118 Å². The van der Waals surface area contributed by atoms with E-state index in [1.165, 1.54) is 10.8 Å². The van der Waals surface area contributed by atoms with Crippen LogP contribution in [0.4, 0.5) is 0 Å². The van der Waals surface area contributed by atoms with Crippen LogP contribution >= 0.6 is 0 Å². The van der Waals surface area contributed by atoms with Crippen molar-refractivity contribution in [3.8, 4) is 0 Å². The predicted octanol–water partition coefficient (Wildman–Crippen LogP) is 3.59. The fraction of sp³-hybridized carbons (Fsp3) is 0.111. The number of hydrogen-bond donors (Lipinski definition) is 0. The van der Waals surface area contributed by atoms with Gasteiger partial charge in [-0.3, -0.25) is 9.78 Å². The van der Waals surface area contributed by atoms with Crippen LogP contribution in [0.3, 0.4) is 0 Å². The zero-order valence-corrected chi connectivity index (χ0v) is 11.1. The number of rotatable bonds is 4. The third kappa shape index (κ3) is 2.91. The number of carbonyl (C=O) groups excluding carboxylic acids is 1. The summed E-state index contributed by atoms with van der Waals surface area (Å²) >= 11 is 0. The van der Waals surface area contributed by atoms with Crippen LogP contribution in [-0.2, 0) is 17.6 Å². The van der Waals surface area contributed by atoms with Gasteiger partial charge in [-0.15, -0.1) is 0 Å². The molecule has 2 nitrogen and oxygen atoms in total. The minimum atomic E-state index is 0.216. The van der Waals surface area contributed by atoms with Crippen molar-refractivity contribution in [2.75, 3.05) is 0 Å². The molecular weight excluding hydrogens is 246 g/mol. The first-order valence-electron chi connectivity index (χ1n) is 6.69. The Morgan fingerprint density at radius 3 is 2.45 bits per heavy atom. The van der Waals surface area contributed by atoms with Gasteiger partial charge in [-0.2, -0.15) is 0 Å². The Kier molecular flexibility index (Phi) is 3.55. The molecule has 0 aliphatic heterocycles. The number of ketones is 1. The van der Waals surface area contributed by atoms with Gasteiger partial charge in [0, 0.05) is 25.2 Å². The lowest BCUT2D eigenvalue weighted by atomic mass is 10.0. The molecule has 3 rings (SSSR count). The Morgan fingerprint density at radius 1 is 0.850 bits per heavy atom. The van der Waals surface area contributed by atoms with E-state index in [-0.39, 0.29) is 5.78 Å². The summed E-state index contributed by atoms with van der Waals surface area (Å²) < 4.78 is 0. The van der Waals surface area contributed by atoms with Crippen LogP contribution < -0.4 is 0 Å². The molecule has 0 saturated heterocycles. The van der Waals surface area contributed by atoms with Crippen molar-refractivity contribution in [3.05, 3.63) is 78.1 Å². The van der Waals surface area contributed by atoms with Gasteiger partial charge >= 0.3 is 0 Å². The molecule has 0 saturated carbocycles. The van der Waals surface area contributed by atoms with E-state index in [2.05, 4.69) is 29.2 Å². The van der Waals surface area contributed by atoms with Gasteiger partial charge in [0.25, 0.3) is 0 Å². The molecule has 0 radical (unpaired) electrons. The molecule has 0 unspecified atom stereocenters. The first-order valence-corrected chi connectivity index (χ1v) is 6.69. The zero-order chi connectivity index (χ0) is 13.8. The summed E-state index contributed by atoms with van der Waals surface area (Å²) in [5.74, 6) is 0.216. The molecule has 0 fully saturated rings. The molecule has 1 heterocycles. The van der Waals surface area contributed by atoms with Crippen molar-refractivity contribution in [2.45, 2.75) is 12.8 Å². The Balaban J connectivity index is 1.74. The van der Waals surface area contributed by atoms with Crippen molar-refractivity contribution in [2.24, 2.45) is 0 Å². The van der Waals surface area contributed by atoms with Gasteiger partial charge in [-0.25, -0.2) is 0 Å². The molecule has 0 atom stereocenters. The summed E-state index contributed by atoms with van der Waals surface area (Å²) in [4.78, 5) is 16.1. The van der Waals surface area contributed by atoms with Gasteiger partial charge in [0.15, 0.2) is 0 Å². The molecule has 3 aromatic rings. The lowest BCUT2D eigenvalue weighted by Crippen LogP contribution is -2.06. The monoisotopic (exact) mass is 261 g/mol. The SMILES string of the molecule is O=C(Cc1cccnc1)Cc1ccc2ccccc2c1. The third-order valence-electron chi connectivity index (χ3n) is 3.34. The number of Topliss-reactive ketones (excluding diaryl/α,β-unsaturated/α-hetero) is 1. The van der Waals surface area contributed by atoms with Gasteiger partial charge in [-0.05, 0) is 28.0 Å². The highest BCUT2D eigenvalue weighted by atomic mass is 16.1. The minimum absolute atomic E-state index is 0.216. The number of fused-ring (bicyclic) bond motifs is 1. The van der Waals surface area contributed by atoms with Gasteiger partial charge < -0.3 is 0 Å². The molecule has 0 amide bonds. The highest BCUT2D eigenvalue weighted by Crippen LogP contribution is 2.16. The van der Waals surface area contributed by atoms with Crippen LogP contribution in [0, 0.1) is 0 Å². The molecule has 0 N–H and O–H groups in total. The van der Waals surface area contributed by atoms with E-state index in [1.807, 2.05) is 30.3 Å². The topological polar surface area (TPSA) is 30.0 Å². The van der Waals surface area contributed by atoms with Gasteiger partial charge in [0.1, 0.15) is 5.78 Å². The van der Waals surface area contributed by atoms with Crippen molar-refractivity contribution in [1.29, 1.82) is 0 Å². The van der Waals surface area contributed by atoms with Crippen molar-refractivity contribution >= 4 is 16.6 Å². The summed E-state index contributed by atoms with van der Waals surface area (Å²) in [5.41, 5.74) is 2.04. The molecule has 20 heavy (non-hydrogen) atoms. The molecule has 2 aromatic carbocycles. The van der Waals surface area contributed by atoms with E-state index in [1.54, 1.807) is 12.4 Å². The number of nitrogens with zero attached hydrogens (tertiary/aromatic N) is 1. The molecule has 0 bridgehead atoms. The molecular formula is C18H15NO. The van der Waals surface area contributed by atoms with Crippen LogP contribution in [0.25, 0.3) is 10.8 Å². The van der Waals surface area contributed by atoms with Crippen molar-refractivity contribution < 1.29 is 4.79 Å². The summed E-state index contributed by atoms with van der Waals surface area (Å²) in [5, 5.41) is 2.38. The number of carbonyl (C=O) groups is 1. The average Bonchev–Trinajstić information content (AvgIpc) is 2.48. The average molecular weight is 261 g/mol. The lowest BCUT2D eigenvalue weighted by Gasteiger charge is -2.04. The van der Waals surface area contributed by atoms with Crippen molar-refractivity contribution in [1.82, 2.24) is 4.98 Å². The fourth-order valence-electron chi connectivity index (χ4n) is 2.37. The van der Waals surface area contributed by atoms with E-state index >= 15 is 0 Å². The number of aromatic nitrogens is 1. The normalized spacial score (nSPS) is 10.6. The number of hydrogen-bond acceptors (Lipinski definition) is 2. The Bertz CT molecular complexity index is 735. The van der Waals surface area contributed by atoms with E-state index in [0.717, 1.165) is 11.1 Å². The van der Waals surface area contributed by atoms with Crippen LogP contribution in [-0.4, -0.2) is 10.8 Å². The summed E-state index contributed by atoms with van der Waals surface area (Å²) in [6, 6.07) is 18.2. The maximum absolute atomic E-state index is 12.1. The van der Waals surface area contributed by atoms with E-state index in [0.29, 0.717) is 12.8 Å². The highest BCUT2D eigenvalue weighted by Gasteiger charge is 2.06. The van der Waals surface area contributed by atoms with E-state index < -0.39 is 0 Å². The first kappa shape index (κ1) is 12.5. The Hall–Kier alpha value is -2.48. The second-order valence-corrected chi connectivity index (χ2v) is 4.94. The Morgan fingerprint density at radius 2 is 1.65 bits per heavy atom. The zero-order valence-electron chi connectivity index (χ0n) is 11.1. The van der Waals surface area contributed by atoms with Crippen molar-refractivity contribution in [3.63, 3.8) is 0 Å². The van der Waals surface area contributed by atoms with Crippen LogP contribution in [0.5, 0.6) is 0 Å². The fourth-order valence-corrected chi connectivity index (χ4v) is 2.37. The highest BCUT2D eigenvalue weighted by molar-refractivity contribution is 5.86. The van der Waals surface area contributed by atoms with E-state index in [9.17, 15) is 4.79 Å². The molecule has 98 valence electrons. The first-order chi connectivity index (χ1) is 9.81. The predicted molar refractivity (Wildman–Crippen MR) is 80.6 cm³/mol. The smallest absolute Gasteiger partial charge is 0.141 e. The van der Waals surface area contributed by atoms with Gasteiger partial charge in [0.2, 0.25) is 0 Å². The second-order valence-electron chi connectivity index (χ2n) is 4.94. The second kappa shape index (κ2) is 5.66. The number of benzene rings is 2. The lowest BCUT2D eigenvalue weighted by molar-refractivity contribution is -0.117. The largest absolute Gasteiger partial charge is 0.299 e. The van der Waals surface area contributed by atoms with Gasteiger partial charge in [-0.1, -0.05) is 48.5 Å². The molecule has 0 aliphatic carbocycles. The molecule has 2 heteroatoms. The van der Waals surface area contributed by atoms with Crippen LogP contribution in [0.1, 0.15) is 11.1 Å². The maximum Gasteiger partial charge on any atom is 0.141 e. The quantitative estimate of drug-likeness (QED) is 0.718. The molecule has 1 aromatic heterocycles. The third-order valence-corrected chi connectivity index (χ3v) is 3.34. The van der Waals surface area contributed by atoms with Crippen LogP contribution in [0.15, 0.2) is 67.0 Å².